The third kappa shape index (κ3) is 2.67. The van der Waals surface area contributed by atoms with Crippen LogP contribution in [0, 0.1) is 6.92 Å². The van der Waals surface area contributed by atoms with E-state index >= 15 is 0 Å². The second-order valence-electron chi connectivity index (χ2n) is 6.46. The Balaban J connectivity index is 1.46. The molecule has 0 aromatic carbocycles. The number of aromatic nitrogens is 2. The zero-order chi connectivity index (χ0) is 16.0. The van der Waals surface area contributed by atoms with Gasteiger partial charge in [-0.2, -0.15) is 5.10 Å². The van der Waals surface area contributed by atoms with Gasteiger partial charge in [-0.05, 0) is 19.8 Å². The molecular formula is C15H20N4O4. The van der Waals surface area contributed by atoms with Crippen LogP contribution >= 0.6 is 0 Å². The number of ether oxygens (including phenoxy) is 2. The predicted molar refractivity (Wildman–Crippen MR) is 79.1 cm³/mol. The number of aryl methyl sites for hydroxylation is 1. The Morgan fingerprint density at radius 3 is 3.13 bits per heavy atom. The Morgan fingerprint density at radius 2 is 2.35 bits per heavy atom. The van der Waals surface area contributed by atoms with Crippen molar-refractivity contribution in [1.82, 2.24) is 20.4 Å². The molecule has 23 heavy (non-hydrogen) atoms. The molecule has 3 aliphatic rings. The summed E-state index contributed by atoms with van der Waals surface area (Å²) in [6, 6.07) is 0.140. The number of amides is 2. The van der Waals surface area contributed by atoms with E-state index in [1.54, 1.807) is 6.20 Å². The Hall–Kier alpha value is -2.09. The van der Waals surface area contributed by atoms with Gasteiger partial charge in [0.05, 0.1) is 29.9 Å². The van der Waals surface area contributed by atoms with E-state index in [2.05, 4.69) is 15.7 Å². The van der Waals surface area contributed by atoms with Gasteiger partial charge in [0.2, 0.25) is 0 Å². The van der Waals surface area contributed by atoms with E-state index in [4.69, 9.17) is 9.47 Å². The largest absolute Gasteiger partial charge is 0.444 e. The number of alkyl carbamates (subject to hydrolysis) is 1. The van der Waals surface area contributed by atoms with Gasteiger partial charge in [-0.15, -0.1) is 0 Å². The summed E-state index contributed by atoms with van der Waals surface area (Å²) >= 11 is 0. The summed E-state index contributed by atoms with van der Waals surface area (Å²) in [5.74, 6) is -0.165. The summed E-state index contributed by atoms with van der Waals surface area (Å²) in [4.78, 5) is 23.9. The van der Waals surface area contributed by atoms with E-state index in [9.17, 15) is 9.59 Å². The summed E-state index contributed by atoms with van der Waals surface area (Å²) in [7, 11) is 0. The second-order valence-corrected chi connectivity index (χ2v) is 6.46. The molecule has 2 aliphatic heterocycles. The van der Waals surface area contributed by atoms with Gasteiger partial charge >= 0.3 is 6.09 Å². The maximum absolute atomic E-state index is 12.6. The zero-order valence-electron chi connectivity index (χ0n) is 12.9. The van der Waals surface area contributed by atoms with Crippen molar-refractivity contribution in [1.29, 1.82) is 0 Å². The van der Waals surface area contributed by atoms with E-state index in [0.717, 1.165) is 19.4 Å². The van der Waals surface area contributed by atoms with E-state index in [1.165, 1.54) is 0 Å². The first-order valence-electron chi connectivity index (χ1n) is 8.01. The fraction of sp³-hybridized carbons (Fsp3) is 0.667. The maximum atomic E-state index is 12.6. The average molecular weight is 320 g/mol. The molecule has 0 radical (unpaired) electrons. The standard InChI is InChI=1S/C15H20N4O4/c1-8-11(6-19(18-8)10-2-3-22-7-10)14(20)17-12-4-9-5-13(12)23-15(21)16-9/h6,9-10,12-13H,2-5,7H2,1H3,(H,16,21)(H,17,20)/t9-,10?,12-,13-/m1/s1. The van der Waals surface area contributed by atoms with Crippen LogP contribution in [0.2, 0.25) is 0 Å². The molecule has 3 fully saturated rings. The first kappa shape index (κ1) is 14.5. The summed E-state index contributed by atoms with van der Waals surface area (Å²) in [5, 5.41) is 10.2. The molecule has 1 saturated carbocycles. The smallest absolute Gasteiger partial charge is 0.407 e. The number of nitrogens with one attached hydrogen (secondary N) is 2. The highest BCUT2D eigenvalue weighted by Crippen LogP contribution is 2.27. The predicted octanol–water partition coefficient (Wildman–Crippen LogP) is 0.522. The van der Waals surface area contributed by atoms with Crippen LogP contribution in [0.5, 0.6) is 0 Å². The number of hydrogen-bond donors (Lipinski definition) is 2. The number of rotatable bonds is 3. The van der Waals surface area contributed by atoms with Crippen LogP contribution in [-0.2, 0) is 9.47 Å². The molecule has 1 aromatic heterocycles. The molecule has 4 rings (SSSR count). The molecule has 2 N–H and O–H groups in total. The number of hydrogen-bond acceptors (Lipinski definition) is 5. The Bertz CT molecular complexity index is 637. The van der Waals surface area contributed by atoms with Crippen LogP contribution in [0.15, 0.2) is 6.20 Å². The molecule has 2 amide bonds. The third-order valence-electron chi connectivity index (χ3n) is 4.84. The molecule has 124 valence electrons. The Labute approximate surface area is 133 Å². The SMILES string of the molecule is Cc1nn(C2CCOC2)cc1C(=O)N[C@@H]1C[C@@H]2C[C@H]1OC(=O)N2. The van der Waals surface area contributed by atoms with Crippen LogP contribution in [0.25, 0.3) is 0 Å². The summed E-state index contributed by atoms with van der Waals surface area (Å²) < 4.78 is 12.4. The van der Waals surface area contributed by atoms with Gasteiger partial charge in [-0.3, -0.25) is 9.48 Å². The van der Waals surface area contributed by atoms with E-state index in [0.29, 0.717) is 24.3 Å². The zero-order valence-corrected chi connectivity index (χ0v) is 12.9. The van der Waals surface area contributed by atoms with Crippen molar-refractivity contribution in [3.63, 3.8) is 0 Å². The molecule has 2 bridgehead atoms. The normalized spacial score (nSPS) is 32.5. The molecule has 1 aliphatic carbocycles. The van der Waals surface area contributed by atoms with Crippen LogP contribution in [0.4, 0.5) is 4.79 Å². The van der Waals surface area contributed by atoms with Crippen molar-refractivity contribution < 1.29 is 19.1 Å². The fourth-order valence-corrected chi connectivity index (χ4v) is 3.61. The summed E-state index contributed by atoms with van der Waals surface area (Å²) in [5.41, 5.74) is 1.27. The Kier molecular flexibility index (Phi) is 3.48. The lowest BCUT2D eigenvalue weighted by Crippen LogP contribution is -2.44. The van der Waals surface area contributed by atoms with Gasteiger partial charge in [0, 0.05) is 25.3 Å². The van der Waals surface area contributed by atoms with Crippen LogP contribution < -0.4 is 10.6 Å². The van der Waals surface area contributed by atoms with Crippen molar-refractivity contribution in [3.05, 3.63) is 17.5 Å². The maximum Gasteiger partial charge on any atom is 0.407 e. The molecule has 0 spiro atoms. The van der Waals surface area contributed by atoms with Crippen molar-refractivity contribution in [2.75, 3.05) is 13.2 Å². The molecule has 1 aromatic rings. The van der Waals surface area contributed by atoms with Gasteiger partial charge in [-0.25, -0.2) is 4.79 Å². The van der Waals surface area contributed by atoms with E-state index in [-0.39, 0.29) is 30.1 Å². The molecule has 2 saturated heterocycles. The highest BCUT2D eigenvalue weighted by atomic mass is 16.6. The lowest BCUT2D eigenvalue weighted by atomic mass is 10.2. The number of carbonyl (C=O) groups excluding carboxylic acids is 2. The van der Waals surface area contributed by atoms with Crippen molar-refractivity contribution in [2.45, 2.75) is 50.4 Å². The van der Waals surface area contributed by atoms with Gasteiger partial charge in [0.1, 0.15) is 6.10 Å². The number of nitrogens with zero attached hydrogens (tertiary/aromatic N) is 2. The quantitative estimate of drug-likeness (QED) is 0.847. The van der Waals surface area contributed by atoms with Crippen LogP contribution in [0.1, 0.15) is 41.4 Å². The van der Waals surface area contributed by atoms with Crippen LogP contribution in [-0.4, -0.2) is 53.2 Å². The lowest BCUT2D eigenvalue weighted by Gasteiger charge is -2.22. The van der Waals surface area contributed by atoms with Crippen molar-refractivity contribution >= 4 is 12.0 Å². The summed E-state index contributed by atoms with van der Waals surface area (Å²) in [6.45, 7) is 3.20. The molecule has 8 heteroatoms. The summed E-state index contributed by atoms with van der Waals surface area (Å²) in [6.07, 6.45) is 3.51. The second kappa shape index (κ2) is 5.52. The number of carbonyl (C=O) groups is 2. The van der Waals surface area contributed by atoms with Gasteiger partial charge in [0.25, 0.3) is 5.91 Å². The van der Waals surface area contributed by atoms with Gasteiger partial charge in [0.15, 0.2) is 0 Å². The molecular weight excluding hydrogens is 300 g/mol. The fourth-order valence-electron chi connectivity index (χ4n) is 3.61. The molecule has 8 nitrogen and oxygen atoms in total. The average Bonchev–Trinajstić information content (AvgIpc) is 3.19. The first-order valence-corrected chi connectivity index (χ1v) is 8.01. The third-order valence-corrected chi connectivity index (χ3v) is 4.84. The lowest BCUT2D eigenvalue weighted by molar-refractivity contribution is 0.0659. The van der Waals surface area contributed by atoms with Gasteiger partial charge in [-0.1, -0.05) is 0 Å². The molecule has 4 atom stereocenters. The highest BCUT2D eigenvalue weighted by Gasteiger charge is 2.42. The van der Waals surface area contributed by atoms with Gasteiger partial charge < -0.3 is 20.1 Å². The van der Waals surface area contributed by atoms with E-state index < -0.39 is 6.09 Å². The minimum Gasteiger partial charge on any atom is -0.444 e. The highest BCUT2D eigenvalue weighted by molar-refractivity contribution is 5.95. The van der Waals surface area contributed by atoms with Crippen LogP contribution in [0.3, 0.4) is 0 Å². The topological polar surface area (TPSA) is 94.5 Å². The Morgan fingerprint density at radius 1 is 1.48 bits per heavy atom. The number of fused-ring (bicyclic) bond motifs is 2. The first-order chi connectivity index (χ1) is 11.1. The molecule has 1 unspecified atom stereocenters. The monoisotopic (exact) mass is 320 g/mol. The van der Waals surface area contributed by atoms with E-state index in [1.807, 2.05) is 11.6 Å². The van der Waals surface area contributed by atoms with Crippen molar-refractivity contribution in [2.24, 2.45) is 0 Å². The minimum absolute atomic E-state index is 0.0889. The van der Waals surface area contributed by atoms with Crippen molar-refractivity contribution in [3.8, 4) is 0 Å². The minimum atomic E-state index is -0.395. The molecule has 3 heterocycles.